The second-order valence-corrected chi connectivity index (χ2v) is 6.19. The Kier molecular flexibility index (Phi) is 5.12. The molecule has 0 radical (unpaired) electrons. The Balaban J connectivity index is 1.63. The molecule has 2 N–H and O–H groups in total. The first-order valence-corrected chi connectivity index (χ1v) is 8.27. The Morgan fingerprint density at radius 1 is 0.846 bits per heavy atom. The molecule has 0 aliphatic heterocycles. The number of nitrogens with one attached hydrogen (secondary N) is 2. The summed E-state index contributed by atoms with van der Waals surface area (Å²) in [6.45, 7) is 2.03. The minimum Gasteiger partial charge on any atom is -0.378 e. The fourth-order valence-electron chi connectivity index (χ4n) is 2.34. The lowest BCUT2D eigenvalue weighted by Gasteiger charge is -2.13. The number of amides is 1. The molecule has 1 aromatic heterocycles. The van der Waals surface area contributed by atoms with Crippen molar-refractivity contribution in [3.05, 3.63) is 71.9 Å². The molecule has 2 aromatic carbocycles. The molecule has 132 valence electrons. The van der Waals surface area contributed by atoms with Crippen LogP contribution in [0.4, 0.5) is 22.9 Å². The SMILES string of the molecule is Cc1ccc(Nc2ccc(C(=O)Nc3ccc(N(C)C)cc3)nn2)cc1. The van der Waals surface area contributed by atoms with Gasteiger partial charge in [-0.15, -0.1) is 10.2 Å². The van der Waals surface area contributed by atoms with E-state index in [1.54, 1.807) is 12.1 Å². The summed E-state index contributed by atoms with van der Waals surface area (Å²) < 4.78 is 0. The first kappa shape index (κ1) is 17.4. The molecule has 0 aliphatic carbocycles. The molecule has 0 saturated carbocycles. The Bertz CT molecular complexity index is 872. The number of anilines is 4. The van der Waals surface area contributed by atoms with Crippen LogP contribution in [-0.4, -0.2) is 30.2 Å². The maximum absolute atomic E-state index is 12.3. The van der Waals surface area contributed by atoms with Crippen LogP contribution in [-0.2, 0) is 0 Å². The number of aryl methyl sites for hydroxylation is 1. The van der Waals surface area contributed by atoms with Crippen LogP contribution in [0.3, 0.4) is 0 Å². The van der Waals surface area contributed by atoms with Crippen LogP contribution in [0.1, 0.15) is 16.1 Å². The quantitative estimate of drug-likeness (QED) is 0.734. The van der Waals surface area contributed by atoms with Crippen molar-refractivity contribution in [1.29, 1.82) is 0 Å². The van der Waals surface area contributed by atoms with Crippen molar-refractivity contribution in [2.75, 3.05) is 29.6 Å². The number of rotatable bonds is 5. The molecule has 0 saturated heterocycles. The molecule has 0 fully saturated rings. The molecule has 0 unspecified atom stereocenters. The average molecular weight is 347 g/mol. The number of hydrogen-bond acceptors (Lipinski definition) is 5. The van der Waals surface area contributed by atoms with E-state index < -0.39 is 0 Å². The summed E-state index contributed by atoms with van der Waals surface area (Å²) in [5, 5.41) is 14.0. The van der Waals surface area contributed by atoms with Gasteiger partial charge in [0.15, 0.2) is 11.5 Å². The summed E-state index contributed by atoms with van der Waals surface area (Å²) in [6.07, 6.45) is 0. The van der Waals surface area contributed by atoms with Crippen molar-refractivity contribution in [2.24, 2.45) is 0 Å². The van der Waals surface area contributed by atoms with Crippen molar-refractivity contribution >= 4 is 28.8 Å². The fraction of sp³-hybridized carbons (Fsp3) is 0.150. The topological polar surface area (TPSA) is 70.2 Å². The molecular weight excluding hydrogens is 326 g/mol. The van der Waals surface area contributed by atoms with Gasteiger partial charge in [-0.25, -0.2) is 0 Å². The highest BCUT2D eigenvalue weighted by atomic mass is 16.1. The molecule has 1 heterocycles. The monoisotopic (exact) mass is 347 g/mol. The van der Waals surface area contributed by atoms with Crippen LogP contribution in [0.15, 0.2) is 60.7 Å². The van der Waals surface area contributed by atoms with Crippen LogP contribution in [0.5, 0.6) is 0 Å². The molecular formula is C20H21N5O. The number of carbonyl (C=O) groups is 1. The second kappa shape index (κ2) is 7.65. The van der Waals surface area contributed by atoms with Gasteiger partial charge in [-0.3, -0.25) is 4.79 Å². The van der Waals surface area contributed by atoms with E-state index in [1.807, 2.05) is 74.4 Å². The Morgan fingerprint density at radius 2 is 1.50 bits per heavy atom. The summed E-state index contributed by atoms with van der Waals surface area (Å²) in [4.78, 5) is 14.3. The molecule has 6 heteroatoms. The molecule has 0 aliphatic rings. The summed E-state index contributed by atoms with van der Waals surface area (Å²) in [5.41, 5.74) is 4.14. The fourth-order valence-corrected chi connectivity index (χ4v) is 2.34. The number of benzene rings is 2. The molecule has 1 amide bonds. The highest BCUT2D eigenvalue weighted by Gasteiger charge is 2.09. The van der Waals surface area contributed by atoms with E-state index in [0.717, 1.165) is 11.4 Å². The lowest BCUT2D eigenvalue weighted by atomic mass is 10.2. The zero-order chi connectivity index (χ0) is 18.5. The zero-order valence-electron chi connectivity index (χ0n) is 15.0. The maximum atomic E-state index is 12.3. The van der Waals surface area contributed by atoms with Crippen molar-refractivity contribution in [3.8, 4) is 0 Å². The Morgan fingerprint density at radius 3 is 2.08 bits per heavy atom. The van der Waals surface area contributed by atoms with Gasteiger partial charge in [-0.05, 0) is 55.5 Å². The lowest BCUT2D eigenvalue weighted by molar-refractivity contribution is 0.102. The Hall–Kier alpha value is -3.41. The van der Waals surface area contributed by atoms with E-state index in [9.17, 15) is 4.79 Å². The van der Waals surface area contributed by atoms with E-state index in [1.165, 1.54) is 5.56 Å². The van der Waals surface area contributed by atoms with Crippen molar-refractivity contribution in [1.82, 2.24) is 10.2 Å². The Labute approximate surface area is 152 Å². The number of aromatic nitrogens is 2. The van der Waals surface area contributed by atoms with E-state index >= 15 is 0 Å². The van der Waals surface area contributed by atoms with Crippen molar-refractivity contribution < 1.29 is 4.79 Å². The van der Waals surface area contributed by atoms with Gasteiger partial charge in [-0.1, -0.05) is 17.7 Å². The largest absolute Gasteiger partial charge is 0.378 e. The highest BCUT2D eigenvalue weighted by molar-refractivity contribution is 6.02. The van der Waals surface area contributed by atoms with Gasteiger partial charge < -0.3 is 15.5 Å². The smallest absolute Gasteiger partial charge is 0.276 e. The van der Waals surface area contributed by atoms with Crippen molar-refractivity contribution in [2.45, 2.75) is 6.92 Å². The number of nitrogens with zero attached hydrogens (tertiary/aromatic N) is 3. The zero-order valence-corrected chi connectivity index (χ0v) is 15.0. The minimum absolute atomic E-state index is 0.260. The third kappa shape index (κ3) is 4.36. The van der Waals surface area contributed by atoms with Gasteiger partial charge in [0.2, 0.25) is 0 Å². The van der Waals surface area contributed by atoms with Crippen LogP contribution < -0.4 is 15.5 Å². The molecule has 6 nitrogen and oxygen atoms in total. The highest BCUT2D eigenvalue weighted by Crippen LogP contribution is 2.17. The molecule has 0 spiro atoms. The minimum atomic E-state index is -0.294. The first-order valence-electron chi connectivity index (χ1n) is 8.27. The lowest BCUT2D eigenvalue weighted by Crippen LogP contribution is -2.15. The molecule has 0 bridgehead atoms. The van der Waals surface area contributed by atoms with Crippen LogP contribution in [0.2, 0.25) is 0 Å². The predicted octanol–water partition coefficient (Wildman–Crippen LogP) is 3.85. The standard InChI is InChI=1S/C20H21N5O/c1-14-4-6-15(7-5-14)21-19-13-12-18(23-24-19)20(26)22-16-8-10-17(11-9-16)25(2)3/h4-13H,1-3H3,(H,21,24)(H,22,26). The summed E-state index contributed by atoms with van der Waals surface area (Å²) in [6, 6.07) is 18.9. The van der Waals surface area contributed by atoms with Gasteiger partial charge >= 0.3 is 0 Å². The van der Waals surface area contributed by atoms with Gasteiger partial charge in [0.25, 0.3) is 5.91 Å². The molecule has 26 heavy (non-hydrogen) atoms. The third-order valence-electron chi connectivity index (χ3n) is 3.86. The average Bonchev–Trinajstić information content (AvgIpc) is 2.64. The summed E-state index contributed by atoms with van der Waals surface area (Å²) >= 11 is 0. The van der Waals surface area contributed by atoms with Gasteiger partial charge in [0.05, 0.1) is 0 Å². The third-order valence-corrected chi connectivity index (χ3v) is 3.86. The molecule has 0 atom stereocenters. The molecule has 3 aromatic rings. The van der Waals surface area contributed by atoms with Gasteiger partial charge in [0, 0.05) is 31.2 Å². The van der Waals surface area contributed by atoms with E-state index in [2.05, 4.69) is 20.8 Å². The van der Waals surface area contributed by atoms with Gasteiger partial charge in [-0.2, -0.15) is 0 Å². The van der Waals surface area contributed by atoms with Crippen molar-refractivity contribution in [3.63, 3.8) is 0 Å². The maximum Gasteiger partial charge on any atom is 0.276 e. The van der Waals surface area contributed by atoms with Crippen LogP contribution in [0, 0.1) is 6.92 Å². The summed E-state index contributed by atoms with van der Waals surface area (Å²) in [5.74, 6) is 0.290. The molecule has 3 rings (SSSR count). The van der Waals surface area contributed by atoms with Crippen LogP contribution >= 0.6 is 0 Å². The van der Waals surface area contributed by atoms with E-state index in [4.69, 9.17) is 0 Å². The van der Waals surface area contributed by atoms with Gasteiger partial charge in [0.1, 0.15) is 0 Å². The first-order chi connectivity index (χ1) is 12.5. The van der Waals surface area contributed by atoms with Crippen LogP contribution in [0.25, 0.3) is 0 Å². The second-order valence-electron chi connectivity index (χ2n) is 6.19. The van der Waals surface area contributed by atoms with E-state index in [0.29, 0.717) is 11.5 Å². The van der Waals surface area contributed by atoms with E-state index in [-0.39, 0.29) is 11.6 Å². The summed E-state index contributed by atoms with van der Waals surface area (Å²) in [7, 11) is 3.94. The predicted molar refractivity (Wildman–Crippen MR) is 105 cm³/mol. The number of carbonyl (C=O) groups excluding carboxylic acids is 1. The number of hydrogen-bond donors (Lipinski definition) is 2. The normalized spacial score (nSPS) is 10.3.